The number of carbonyl (C=O) groups is 1. The second-order valence-corrected chi connectivity index (χ2v) is 7.05. The third kappa shape index (κ3) is 2.57. The molecule has 0 spiro atoms. The Hall–Kier alpha value is -0.920. The minimum absolute atomic E-state index is 0.0513. The zero-order chi connectivity index (χ0) is 13.5. The van der Waals surface area contributed by atoms with Crippen molar-refractivity contribution in [2.24, 2.45) is 5.14 Å². The van der Waals surface area contributed by atoms with Crippen LogP contribution < -0.4 is 10.0 Å². The summed E-state index contributed by atoms with van der Waals surface area (Å²) in [5.74, 6) is -0.218. The Morgan fingerprint density at radius 3 is 2.61 bits per heavy atom. The van der Waals surface area contributed by atoms with Gasteiger partial charge in [0.15, 0.2) is 0 Å². The number of benzene rings is 1. The van der Waals surface area contributed by atoms with Crippen molar-refractivity contribution < 1.29 is 13.2 Å². The van der Waals surface area contributed by atoms with Crippen LogP contribution in [0.1, 0.15) is 12.0 Å². The predicted octanol–water partition coefficient (Wildman–Crippen LogP) is 1.15. The second kappa shape index (κ2) is 4.64. The van der Waals surface area contributed by atoms with Crippen LogP contribution in [0, 0.1) is 6.92 Å². The molecular weight excluding hydrogens is 320 g/mol. The topological polar surface area (TPSA) is 80.5 Å². The molecule has 0 aromatic heterocycles. The third-order valence-electron chi connectivity index (χ3n) is 3.02. The van der Waals surface area contributed by atoms with Gasteiger partial charge in [0.25, 0.3) is 0 Å². The Morgan fingerprint density at radius 2 is 2.11 bits per heavy atom. The molecule has 1 heterocycles. The molecule has 2 N–H and O–H groups in total. The van der Waals surface area contributed by atoms with E-state index in [1.54, 1.807) is 12.1 Å². The fourth-order valence-corrected chi connectivity index (χ4v) is 2.99. The molecule has 1 atom stereocenters. The first-order valence-corrected chi connectivity index (χ1v) is 7.77. The first kappa shape index (κ1) is 13.5. The van der Waals surface area contributed by atoms with Crippen LogP contribution in [0.15, 0.2) is 22.7 Å². The molecule has 1 saturated heterocycles. The summed E-state index contributed by atoms with van der Waals surface area (Å²) in [7, 11) is -3.67. The van der Waals surface area contributed by atoms with Gasteiger partial charge in [-0.05, 0) is 24.6 Å². The van der Waals surface area contributed by atoms with E-state index in [0.29, 0.717) is 5.69 Å². The van der Waals surface area contributed by atoms with Crippen molar-refractivity contribution in [1.82, 2.24) is 0 Å². The Balaban J connectivity index is 2.30. The lowest BCUT2D eigenvalue weighted by Crippen LogP contribution is -2.32. The van der Waals surface area contributed by atoms with Crippen LogP contribution in [0.3, 0.4) is 0 Å². The standard InChI is InChI=1S/C11H13BrN2O3S/c1-7-2-3-8(4-10(7)12)14-6-9(5-11(14)15)18(13,16)17/h2-4,9H,5-6H2,1H3,(H2,13,16,17). The summed E-state index contributed by atoms with van der Waals surface area (Å²) in [6.45, 7) is 2.06. The number of nitrogens with two attached hydrogens (primary N) is 1. The molecule has 2 rings (SSSR count). The van der Waals surface area contributed by atoms with E-state index in [-0.39, 0.29) is 18.9 Å². The van der Waals surface area contributed by atoms with Crippen molar-refractivity contribution in [3.8, 4) is 0 Å². The molecule has 1 fully saturated rings. The zero-order valence-electron chi connectivity index (χ0n) is 9.76. The molecule has 1 aromatic rings. The molecule has 0 radical (unpaired) electrons. The summed E-state index contributed by atoms with van der Waals surface area (Å²) in [5.41, 5.74) is 1.73. The van der Waals surface area contributed by atoms with Crippen molar-refractivity contribution in [2.75, 3.05) is 11.4 Å². The maximum absolute atomic E-state index is 11.8. The van der Waals surface area contributed by atoms with Crippen LogP contribution in [-0.2, 0) is 14.8 Å². The van der Waals surface area contributed by atoms with E-state index in [9.17, 15) is 13.2 Å². The third-order valence-corrected chi connectivity index (χ3v) is 5.12. The highest BCUT2D eigenvalue weighted by molar-refractivity contribution is 9.10. The number of halogens is 1. The summed E-state index contributed by atoms with van der Waals surface area (Å²) >= 11 is 3.39. The molecule has 1 aromatic carbocycles. The van der Waals surface area contributed by atoms with E-state index in [1.165, 1.54) is 4.90 Å². The maximum Gasteiger partial charge on any atom is 0.228 e. The zero-order valence-corrected chi connectivity index (χ0v) is 12.2. The molecule has 98 valence electrons. The Kier molecular flexibility index (Phi) is 3.48. The van der Waals surface area contributed by atoms with Gasteiger partial charge < -0.3 is 4.90 Å². The number of sulfonamides is 1. The Morgan fingerprint density at radius 1 is 1.44 bits per heavy atom. The number of hydrogen-bond donors (Lipinski definition) is 1. The number of rotatable bonds is 2. The number of hydrogen-bond acceptors (Lipinski definition) is 3. The van der Waals surface area contributed by atoms with Crippen molar-refractivity contribution >= 4 is 37.5 Å². The van der Waals surface area contributed by atoms with Gasteiger partial charge in [-0.3, -0.25) is 4.79 Å². The van der Waals surface area contributed by atoms with Crippen LogP contribution in [0.5, 0.6) is 0 Å². The molecule has 1 aliphatic rings. The summed E-state index contributed by atoms with van der Waals surface area (Å²) < 4.78 is 23.4. The van der Waals surface area contributed by atoms with Crippen LogP contribution in [0.4, 0.5) is 5.69 Å². The van der Waals surface area contributed by atoms with Crippen molar-refractivity contribution in [3.05, 3.63) is 28.2 Å². The van der Waals surface area contributed by atoms with Crippen LogP contribution in [0.25, 0.3) is 0 Å². The molecule has 7 heteroatoms. The summed E-state index contributed by atoms with van der Waals surface area (Å²) in [6, 6.07) is 5.47. The SMILES string of the molecule is Cc1ccc(N2CC(S(N)(=O)=O)CC2=O)cc1Br. The Bertz CT molecular complexity index is 600. The minimum atomic E-state index is -3.67. The number of aryl methyl sites for hydroxylation is 1. The summed E-state index contributed by atoms with van der Waals surface area (Å²) in [6.07, 6.45) is -0.0513. The van der Waals surface area contributed by atoms with Crippen LogP contribution in [0.2, 0.25) is 0 Å². The Labute approximate surface area is 114 Å². The number of anilines is 1. The smallest absolute Gasteiger partial charge is 0.228 e. The molecule has 1 aliphatic heterocycles. The number of amides is 1. The van der Waals surface area contributed by atoms with E-state index in [0.717, 1.165) is 10.0 Å². The van der Waals surface area contributed by atoms with Gasteiger partial charge in [0.05, 0.1) is 0 Å². The van der Waals surface area contributed by atoms with E-state index in [4.69, 9.17) is 5.14 Å². The molecule has 0 saturated carbocycles. The summed E-state index contributed by atoms with van der Waals surface area (Å²) in [5, 5.41) is 4.27. The van der Waals surface area contributed by atoms with Crippen LogP contribution >= 0.6 is 15.9 Å². The van der Waals surface area contributed by atoms with Gasteiger partial charge in [-0.25, -0.2) is 13.6 Å². The first-order valence-electron chi connectivity index (χ1n) is 5.37. The fourth-order valence-electron chi connectivity index (χ4n) is 1.89. The molecule has 1 amide bonds. The minimum Gasteiger partial charge on any atom is -0.311 e. The van der Waals surface area contributed by atoms with Crippen LogP contribution in [-0.4, -0.2) is 26.1 Å². The molecule has 0 aliphatic carbocycles. The predicted molar refractivity (Wildman–Crippen MR) is 72.7 cm³/mol. The van der Waals surface area contributed by atoms with E-state index >= 15 is 0 Å². The highest BCUT2D eigenvalue weighted by atomic mass is 79.9. The van der Waals surface area contributed by atoms with Crippen molar-refractivity contribution in [3.63, 3.8) is 0 Å². The van der Waals surface area contributed by atoms with Crippen molar-refractivity contribution in [1.29, 1.82) is 0 Å². The fraction of sp³-hybridized carbons (Fsp3) is 0.364. The normalized spacial score (nSPS) is 20.5. The van der Waals surface area contributed by atoms with Gasteiger partial charge in [-0.2, -0.15) is 0 Å². The quantitative estimate of drug-likeness (QED) is 0.882. The van der Waals surface area contributed by atoms with E-state index in [1.807, 2.05) is 13.0 Å². The molecule has 5 nitrogen and oxygen atoms in total. The van der Waals surface area contributed by atoms with E-state index in [2.05, 4.69) is 15.9 Å². The molecule has 0 bridgehead atoms. The van der Waals surface area contributed by atoms with Gasteiger partial charge in [0.1, 0.15) is 5.25 Å². The van der Waals surface area contributed by atoms with Gasteiger partial charge >= 0.3 is 0 Å². The average Bonchev–Trinajstić information content (AvgIpc) is 2.64. The van der Waals surface area contributed by atoms with Gasteiger partial charge in [0, 0.05) is 23.1 Å². The number of primary sulfonamides is 1. The van der Waals surface area contributed by atoms with Gasteiger partial charge in [-0.15, -0.1) is 0 Å². The largest absolute Gasteiger partial charge is 0.311 e. The highest BCUT2D eigenvalue weighted by Crippen LogP contribution is 2.28. The lowest BCUT2D eigenvalue weighted by molar-refractivity contribution is -0.117. The lowest BCUT2D eigenvalue weighted by atomic mass is 10.2. The number of carbonyl (C=O) groups excluding carboxylic acids is 1. The average molecular weight is 333 g/mol. The molecular formula is C11H13BrN2O3S. The monoisotopic (exact) mass is 332 g/mol. The van der Waals surface area contributed by atoms with Gasteiger partial charge in [0.2, 0.25) is 15.9 Å². The lowest BCUT2D eigenvalue weighted by Gasteiger charge is -2.17. The molecule has 1 unspecified atom stereocenters. The van der Waals surface area contributed by atoms with E-state index < -0.39 is 15.3 Å². The number of nitrogens with zero attached hydrogens (tertiary/aromatic N) is 1. The first-order chi connectivity index (χ1) is 8.29. The van der Waals surface area contributed by atoms with Gasteiger partial charge in [-0.1, -0.05) is 22.0 Å². The molecule has 18 heavy (non-hydrogen) atoms. The maximum atomic E-state index is 11.8. The summed E-state index contributed by atoms with van der Waals surface area (Å²) in [4.78, 5) is 13.3. The second-order valence-electron chi connectivity index (χ2n) is 4.35. The van der Waals surface area contributed by atoms with Crippen molar-refractivity contribution in [2.45, 2.75) is 18.6 Å². The highest BCUT2D eigenvalue weighted by Gasteiger charge is 2.37.